The van der Waals surface area contributed by atoms with Crippen LogP contribution < -0.4 is 9.80 Å². The van der Waals surface area contributed by atoms with E-state index in [4.69, 9.17) is 9.47 Å². The summed E-state index contributed by atoms with van der Waals surface area (Å²) in [6.45, 7) is 9.77. The Labute approximate surface area is 79.4 Å². The number of rotatable bonds is 2. The molecule has 0 aromatic heterocycles. The predicted molar refractivity (Wildman–Crippen MR) is 47.9 cm³/mol. The molecule has 2 rings (SSSR count). The van der Waals surface area contributed by atoms with Crippen molar-refractivity contribution in [2.75, 3.05) is 59.3 Å². The molecule has 2 saturated heterocycles. The van der Waals surface area contributed by atoms with Gasteiger partial charge in [-0.1, -0.05) is 0 Å². The zero-order valence-electron chi connectivity index (χ0n) is 8.18. The van der Waals surface area contributed by atoms with Crippen LogP contribution in [0.1, 0.15) is 0 Å². The van der Waals surface area contributed by atoms with E-state index in [1.165, 1.54) is 32.8 Å². The zero-order chi connectivity index (χ0) is 8.93. The molecule has 0 bridgehead atoms. The van der Waals surface area contributed by atoms with Crippen molar-refractivity contribution in [3.63, 3.8) is 0 Å². The topological polar surface area (TPSA) is 27.3 Å². The van der Waals surface area contributed by atoms with Crippen molar-refractivity contribution < 1.29 is 19.3 Å². The third-order valence-corrected chi connectivity index (χ3v) is 2.90. The second kappa shape index (κ2) is 4.91. The quantitative estimate of drug-likeness (QED) is 0.477. The molecule has 2 heterocycles. The molecular weight excluding hydrogens is 168 g/mol. The first-order valence-electron chi connectivity index (χ1n) is 5.28. The maximum Gasteiger partial charge on any atom is 0.204 e. The van der Waals surface area contributed by atoms with E-state index in [1.54, 1.807) is 9.80 Å². The van der Waals surface area contributed by atoms with Crippen molar-refractivity contribution in [2.24, 2.45) is 0 Å². The van der Waals surface area contributed by atoms with Crippen LogP contribution in [0, 0.1) is 0 Å². The van der Waals surface area contributed by atoms with E-state index in [9.17, 15) is 0 Å². The van der Waals surface area contributed by atoms with Gasteiger partial charge in [0.15, 0.2) is 0 Å². The summed E-state index contributed by atoms with van der Waals surface area (Å²) in [5.41, 5.74) is 0. The van der Waals surface area contributed by atoms with Gasteiger partial charge in [-0.15, -0.1) is 0 Å². The zero-order valence-corrected chi connectivity index (χ0v) is 8.18. The first-order chi connectivity index (χ1) is 6.45. The lowest BCUT2D eigenvalue weighted by Gasteiger charge is -2.29. The molecule has 4 nitrogen and oxygen atoms in total. The Balaban J connectivity index is 1.69. The fourth-order valence-electron chi connectivity index (χ4n) is 2.03. The molecule has 2 aliphatic rings. The van der Waals surface area contributed by atoms with Gasteiger partial charge in [0, 0.05) is 0 Å². The summed E-state index contributed by atoms with van der Waals surface area (Å²) in [5, 5.41) is 0. The second-order valence-corrected chi connectivity index (χ2v) is 3.90. The molecule has 13 heavy (non-hydrogen) atoms. The molecule has 4 heteroatoms. The van der Waals surface area contributed by atoms with Gasteiger partial charge in [0.1, 0.15) is 26.2 Å². The summed E-state index contributed by atoms with van der Waals surface area (Å²) >= 11 is 0. The molecular formula is C9H20N2O2+2. The fourth-order valence-corrected chi connectivity index (χ4v) is 2.03. The van der Waals surface area contributed by atoms with Gasteiger partial charge in [0.05, 0.1) is 26.4 Å². The average molecular weight is 188 g/mol. The summed E-state index contributed by atoms with van der Waals surface area (Å²) in [5.74, 6) is 0. The number of hydrogen-bond donors (Lipinski definition) is 2. The molecule has 0 spiro atoms. The Morgan fingerprint density at radius 2 is 1.08 bits per heavy atom. The summed E-state index contributed by atoms with van der Waals surface area (Å²) in [6.07, 6.45) is 0. The van der Waals surface area contributed by atoms with Crippen molar-refractivity contribution >= 4 is 0 Å². The van der Waals surface area contributed by atoms with E-state index in [2.05, 4.69) is 0 Å². The first-order valence-corrected chi connectivity index (χ1v) is 5.28. The monoisotopic (exact) mass is 188 g/mol. The van der Waals surface area contributed by atoms with Crippen LogP contribution >= 0.6 is 0 Å². The minimum Gasteiger partial charge on any atom is -0.370 e. The molecule has 0 aromatic carbocycles. The highest BCUT2D eigenvalue weighted by molar-refractivity contribution is 4.38. The Hall–Kier alpha value is -0.160. The minimum atomic E-state index is 0.944. The molecule has 0 atom stereocenters. The van der Waals surface area contributed by atoms with Gasteiger partial charge < -0.3 is 9.47 Å². The van der Waals surface area contributed by atoms with Gasteiger partial charge in [-0.25, -0.2) is 0 Å². The van der Waals surface area contributed by atoms with Crippen molar-refractivity contribution in [1.29, 1.82) is 0 Å². The van der Waals surface area contributed by atoms with Gasteiger partial charge >= 0.3 is 0 Å². The van der Waals surface area contributed by atoms with Crippen LogP contribution in [0.2, 0.25) is 0 Å². The second-order valence-electron chi connectivity index (χ2n) is 3.90. The van der Waals surface area contributed by atoms with E-state index >= 15 is 0 Å². The van der Waals surface area contributed by atoms with Gasteiger partial charge in [0.25, 0.3) is 0 Å². The molecule has 0 saturated carbocycles. The molecule has 0 radical (unpaired) electrons. The van der Waals surface area contributed by atoms with E-state index in [0.29, 0.717) is 0 Å². The summed E-state index contributed by atoms with van der Waals surface area (Å²) in [4.78, 5) is 3.39. The first kappa shape index (κ1) is 9.40. The Bertz CT molecular complexity index is 127. The van der Waals surface area contributed by atoms with E-state index < -0.39 is 0 Å². The average Bonchev–Trinajstić information content (AvgIpc) is 2.21. The maximum absolute atomic E-state index is 5.33. The molecule has 0 amide bonds. The van der Waals surface area contributed by atoms with Gasteiger partial charge in [-0.2, -0.15) is 0 Å². The van der Waals surface area contributed by atoms with Gasteiger partial charge in [-0.3, -0.25) is 9.80 Å². The Morgan fingerprint density at radius 1 is 0.692 bits per heavy atom. The highest BCUT2D eigenvalue weighted by atomic mass is 16.5. The van der Waals surface area contributed by atoms with Crippen molar-refractivity contribution in [3.05, 3.63) is 0 Å². The smallest absolute Gasteiger partial charge is 0.204 e. The number of hydrogen-bond acceptors (Lipinski definition) is 2. The van der Waals surface area contributed by atoms with Gasteiger partial charge in [-0.05, 0) is 0 Å². The number of morpholine rings is 2. The van der Waals surface area contributed by atoms with Gasteiger partial charge in [0.2, 0.25) is 6.67 Å². The minimum absolute atomic E-state index is 0.944. The van der Waals surface area contributed by atoms with Crippen LogP contribution in [0.5, 0.6) is 0 Å². The van der Waals surface area contributed by atoms with Crippen molar-refractivity contribution in [1.82, 2.24) is 0 Å². The lowest BCUT2D eigenvalue weighted by molar-refractivity contribution is -1.09. The third-order valence-electron chi connectivity index (χ3n) is 2.90. The highest BCUT2D eigenvalue weighted by Crippen LogP contribution is 1.75. The predicted octanol–water partition coefficient (Wildman–Crippen LogP) is -3.23. The molecule has 0 aromatic rings. The van der Waals surface area contributed by atoms with E-state index in [1.807, 2.05) is 0 Å². The fraction of sp³-hybridized carbons (Fsp3) is 1.00. The standard InChI is InChI=1S/C9H18N2O2/c1-5-12-6-2-10(1)9-11-3-7-13-8-4-11/h1-9H2/p+2. The summed E-state index contributed by atoms with van der Waals surface area (Å²) in [7, 11) is 0. The third kappa shape index (κ3) is 2.91. The lowest BCUT2D eigenvalue weighted by Crippen LogP contribution is -3.32. The summed E-state index contributed by atoms with van der Waals surface area (Å²) in [6, 6.07) is 0. The SMILES string of the molecule is C1C[NH+](C[NH+]2CCOCC2)CCO1. The highest BCUT2D eigenvalue weighted by Gasteiger charge is 2.21. The molecule has 0 unspecified atom stereocenters. The maximum atomic E-state index is 5.33. The number of ether oxygens (including phenoxy) is 2. The molecule has 2 aliphatic heterocycles. The number of quaternary nitrogens is 2. The van der Waals surface area contributed by atoms with Crippen molar-refractivity contribution in [2.45, 2.75) is 0 Å². The van der Waals surface area contributed by atoms with Crippen LogP contribution in [-0.4, -0.2) is 59.3 Å². The Kier molecular flexibility index (Phi) is 3.55. The van der Waals surface area contributed by atoms with Crippen LogP contribution in [0.4, 0.5) is 0 Å². The van der Waals surface area contributed by atoms with Crippen LogP contribution in [0.15, 0.2) is 0 Å². The molecule has 2 N–H and O–H groups in total. The van der Waals surface area contributed by atoms with Crippen LogP contribution in [0.3, 0.4) is 0 Å². The lowest BCUT2D eigenvalue weighted by atomic mass is 10.4. The largest absolute Gasteiger partial charge is 0.370 e. The summed E-state index contributed by atoms with van der Waals surface area (Å²) < 4.78 is 10.7. The van der Waals surface area contributed by atoms with Crippen molar-refractivity contribution in [3.8, 4) is 0 Å². The molecule has 2 fully saturated rings. The molecule has 0 aliphatic carbocycles. The van der Waals surface area contributed by atoms with Crippen LogP contribution in [0.25, 0.3) is 0 Å². The Morgan fingerprint density at radius 3 is 1.46 bits per heavy atom. The molecule has 76 valence electrons. The number of nitrogens with one attached hydrogen (secondary N) is 2. The normalized spacial score (nSPS) is 27.7. The van der Waals surface area contributed by atoms with E-state index in [-0.39, 0.29) is 0 Å². The van der Waals surface area contributed by atoms with Crippen LogP contribution in [-0.2, 0) is 9.47 Å². The van der Waals surface area contributed by atoms with E-state index in [0.717, 1.165) is 26.4 Å².